The monoisotopic (exact) mass is 520 g/mol. The highest BCUT2D eigenvalue weighted by Gasteiger charge is 2.33. The van der Waals surface area contributed by atoms with Crippen molar-refractivity contribution in [1.82, 2.24) is 14.5 Å². The standard InChI is InChI=1S/C26H37FN4O4S/c1-8-20(4)28-26(33)21(5)30(16-22-11-13-23(27)14-12-22)25(32)17-31(36(34,35)29(6)7)24-15-18(2)9-10-19(24)3/h9-15,20-21H,8,16-17H2,1-7H3,(H,28,33). The van der Waals surface area contributed by atoms with Crippen LogP contribution in [0.2, 0.25) is 0 Å². The average molecular weight is 521 g/mol. The number of hydrogen-bond donors (Lipinski definition) is 1. The van der Waals surface area contributed by atoms with Crippen LogP contribution in [0.3, 0.4) is 0 Å². The third kappa shape index (κ3) is 7.27. The molecule has 0 saturated carbocycles. The highest BCUT2D eigenvalue weighted by atomic mass is 32.2. The van der Waals surface area contributed by atoms with Crippen LogP contribution in [0.4, 0.5) is 10.1 Å². The maximum Gasteiger partial charge on any atom is 0.304 e. The van der Waals surface area contributed by atoms with Gasteiger partial charge in [0.25, 0.3) is 0 Å². The lowest BCUT2D eigenvalue weighted by Gasteiger charge is -2.33. The fraction of sp³-hybridized carbons (Fsp3) is 0.462. The SMILES string of the molecule is CCC(C)NC(=O)C(C)N(Cc1ccc(F)cc1)C(=O)CN(c1cc(C)ccc1C)S(=O)(=O)N(C)C. The van der Waals surface area contributed by atoms with Crippen molar-refractivity contribution in [2.24, 2.45) is 0 Å². The van der Waals surface area contributed by atoms with Crippen molar-refractivity contribution >= 4 is 27.7 Å². The van der Waals surface area contributed by atoms with Crippen molar-refractivity contribution < 1.29 is 22.4 Å². The number of rotatable bonds is 11. The van der Waals surface area contributed by atoms with Crippen LogP contribution < -0.4 is 9.62 Å². The van der Waals surface area contributed by atoms with Crippen molar-refractivity contribution in [3.05, 3.63) is 65.0 Å². The Morgan fingerprint density at radius 3 is 2.19 bits per heavy atom. The number of aryl methyl sites for hydroxylation is 2. The summed E-state index contributed by atoms with van der Waals surface area (Å²) in [5.41, 5.74) is 2.52. The number of halogens is 1. The number of nitrogens with one attached hydrogen (secondary N) is 1. The van der Waals surface area contributed by atoms with E-state index in [0.29, 0.717) is 23.2 Å². The summed E-state index contributed by atoms with van der Waals surface area (Å²) in [7, 11) is -1.24. The molecule has 198 valence electrons. The Bertz CT molecular complexity index is 1170. The quantitative estimate of drug-likeness (QED) is 0.492. The Morgan fingerprint density at radius 1 is 1.03 bits per heavy atom. The first kappa shape index (κ1) is 29.3. The lowest BCUT2D eigenvalue weighted by Crippen LogP contribution is -2.53. The van der Waals surface area contributed by atoms with Crippen molar-refractivity contribution in [2.45, 2.75) is 59.7 Å². The molecule has 0 heterocycles. The summed E-state index contributed by atoms with van der Waals surface area (Å²) < 4.78 is 42.2. The van der Waals surface area contributed by atoms with E-state index in [2.05, 4.69) is 5.32 Å². The van der Waals surface area contributed by atoms with Gasteiger partial charge in [0, 0.05) is 26.7 Å². The van der Waals surface area contributed by atoms with Crippen LogP contribution in [0.1, 0.15) is 43.9 Å². The lowest BCUT2D eigenvalue weighted by atomic mass is 10.1. The lowest BCUT2D eigenvalue weighted by molar-refractivity contribution is -0.139. The molecule has 0 aromatic heterocycles. The maximum absolute atomic E-state index is 13.7. The summed E-state index contributed by atoms with van der Waals surface area (Å²) >= 11 is 0. The molecular formula is C26H37FN4O4S. The average Bonchev–Trinajstić information content (AvgIpc) is 2.82. The van der Waals surface area contributed by atoms with Crippen LogP contribution in [-0.2, 0) is 26.3 Å². The van der Waals surface area contributed by atoms with Gasteiger partial charge in [-0.2, -0.15) is 12.7 Å². The molecule has 0 aliphatic rings. The van der Waals surface area contributed by atoms with E-state index in [1.807, 2.05) is 26.8 Å². The van der Waals surface area contributed by atoms with Crippen LogP contribution >= 0.6 is 0 Å². The minimum Gasteiger partial charge on any atom is -0.352 e. The van der Waals surface area contributed by atoms with Crippen LogP contribution in [0, 0.1) is 19.7 Å². The highest BCUT2D eigenvalue weighted by Crippen LogP contribution is 2.26. The smallest absolute Gasteiger partial charge is 0.304 e. The van der Waals surface area contributed by atoms with Crippen molar-refractivity contribution in [3.8, 4) is 0 Å². The predicted molar refractivity (Wildman–Crippen MR) is 140 cm³/mol. The van der Waals surface area contributed by atoms with Crippen LogP contribution in [0.15, 0.2) is 42.5 Å². The van der Waals surface area contributed by atoms with Crippen molar-refractivity contribution in [2.75, 3.05) is 24.9 Å². The Labute approximate surface area is 214 Å². The Kier molecular flexibility index (Phi) is 10.0. The molecule has 0 spiro atoms. The number of carbonyl (C=O) groups excluding carboxylic acids is 2. The van der Waals surface area contributed by atoms with E-state index in [-0.39, 0.29) is 18.5 Å². The number of amides is 2. The van der Waals surface area contributed by atoms with E-state index >= 15 is 0 Å². The van der Waals surface area contributed by atoms with Crippen LogP contribution in [0.5, 0.6) is 0 Å². The van der Waals surface area contributed by atoms with Gasteiger partial charge in [0.2, 0.25) is 11.8 Å². The minimum atomic E-state index is -4.04. The minimum absolute atomic E-state index is 0.0108. The van der Waals surface area contributed by atoms with E-state index in [4.69, 9.17) is 0 Å². The van der Waals surface area contributed by atoms with E-state index in [1.165, 1.54) is 43.3 Å². The van der Waals surface area contributed by atoms with Crippen molar-refractivity contribution in [3.63, 3.8) is 0 Å². The molecule has 0 aliphatic carbocycles. The fourth-order valence-corrected chi connectivity index (χ4v) is 4.64. The Hall–Kier alpha value is -2.98. The summed E-state index contributed by atoms with van der Waals surface area (Å²) in [5, 5.41) is 2.88. The molecule has 36 heavy (non-hydrogen) atoms. The number of nitrogens with zero attached hydrogens (tertiary/aromatic N) is 3. The second-order valence-corrected chi connectivity index (χ2v) is 11.3. The molecule has 2 unspecified atom stereocenters. The topological polar surface area (TPSA) is 90.0 Å². The summed E-state index contributed by atoms with van der Waals surface area (Å²) in [6, 6.07) is 10.0. The first-order valence-corrected chi connectivity index (χ1v) is 13.3. The molecule has 8 nitrogen and oxygen atoms in total. The zero-order chi connectivity index (χ0) is 27.2. The molecule has 0 radical (unpaired) electrons. The van der Waals surface area contributed by atoms with Gasteiger partial charge in [-0.15, -0.1) is 0 Å². The Morgan fingerprint density at radius 2 is 1.64 bits per heavy atom. The Balaban J connectivity index is 2.49. The third-order valence-electron chi connectivity index (χ3n) is 6.09. The first-order valence-electron chi connectivity index (χ1n) is 11.9. The van der Waals surface area contributed by atoms with Gasteiger partial charge >= 0.3 is 10.2 Å². The summed E-state index contributed by atoms with van der Waals surface area (Å²) in [4.78, 5) is 28.0. The summed E-state index contributed by atoms with van der Waals surface area (Å²) in [6.07, 6.45) is 0.714. The fourth-order valence-electron chi connectivity index (χ4n) is 3.52. The molecular weight excluding hydrogens is 483 g/mol. The predicted octanol–water partition coefficient (Wildman–Crippen LogP) is 3.39. The van der Waals surface area contributed by atoms with Crippen LogP contribution in [-0.4, -0.2) is 62.2 Å². The molecule has 10 heteroatoms. The second kappa shape index (κ2) is 12.3. The third-order valence-corrected chi connectivity index (χ3v) is 7.89. The first-order chi connectivity index (χ1) is 16.8. The zero-order valence-corrected chi connectivity index (χ0v) is 22.9. The normalized spacial score (nSPS) is 13.2. The van der Waals surface area contributed by atoms with Gasteiger partial charge < -0.3 is 10.2 Å². The van der Waals surface area contributed by atoms with E-state index in [9.17, 15) is 22.4 Å². The molecule has 0 fully saturated rings. The number of anilines is 1. The maximum atomic E-state index is 13.7. The zero-order valence-electron chi connectivity index (χ0n) is 22.1. The molecule has 2 amide bonds. The second-order valence-electron chi connectivity index (χ2n) is 9.23. The van der Waals surface area contributed by atoms with E-state index in [0.717, 1.165) is 14.2 Å². The van der Waals surface area contributed by atoms with E-state index in [1.54, 1.807) is 26.0 Å². The highest BCUT2D eigenvalue weighted by molar-refractivity contribution is 7.90. The van der Waals surface area contributed by atoms with Gasteiger partial charge in [0.05, 0.1) is 5.69 Å². The molecule has 2 atom stereocenters. The molecule has 2 aromatic carbocycles. The van der Waals surface area contributed by atoms with E-state index < -0.39 is 34.5 Å². The molecule has 2 rings (SSSR count). The molecule has 0 saturated heterocycles. The molecule has 0 bridgehead atoms. The molecule has 0 aliphatic heterocycles. The van der Waals surface area contributed by atoms with Crippen molar-refractivity contribution in [1.29, 1.82) is 0 Å². The number of carbonyl (C=O) groups is 2. The summed E-state index contributed by atoms with van der Waals surface area (Å²) in [6.45, 7) is 8.52. The summed E-state index contributed by atoms with van der Waals surface area (Å²) in [5.74, 6) is -1.33. The van der Waals surface area contributed by atoms with Gasteiger partial charge in [0.1, 0.15) is 18.4 Å². The van der Waals surface area contributed by atoms with Crippen LogP contribution in [0.25, 0.3) is 0 Å². The number of benzene rings is 2. The van der Waals surface area contributed by atoms with Gasteiger partial charge in [0.15, 0.2) is 0 Å². The van der Waals surface area contributed by atoms with Gasteiger partial charge in [-0.25, -0.2) is 8.70 Å². The van der Waals surface area contributed by atoms with Gasteiger partial charge in [-0.05, 0) is 69.0 Å². The number of hydrogen-bond acceptors (Lipinski definition) is 4. The molecule has 2 aromatic rings. The van der Waals surface area contributed by atoms with Gasteiger partial charge in [-0.1, -0.05) is 31.2 Å². The molecule has 1 N–H and O–H groups in total. The van der Waals surface area contributed by atoms with Gasteiger partial charge in [-0.3, -0.25) is 9.59 Å². The largest absolute Gasteiger partial charge is 0.352 e.